The van der Waals surface area contributed by atoms with Gasteiger partial charge in [0.25, 0.3) is 0 Å². The number of ether oxygens (including phenoxy) is 1. The molecule has 2 aromatic rings. The van der Waals surface area contributed by atoms with Gasteiger partial charge >= 0.3 is 0 Å². The highest BCUT2D eigenvalue weighted by molar-refractivity contribution is 5.40. The number of benzene rings is 1. The zero-order chi connectivity index (χ0) is 12.6. The van der Waals surface area contributed by atoms with Crippen LogP contribution in [0.1, 0.15) is 18.9 Å². The molecular formula is C15H18N2O. The van der Waals surface area contributed by atoms with Gasteiger partial charge < -0.3 is 10.1 Å². The average Bonchev–Trinajstić information content (AvgIpc) is 2.44. The molecule has 0 aliphatic heterocycles. The summed E-state index contributed by atoms with van der Waals surface area (Å²) in [4.78, 5) is 4.24. The fourth-order valence-corrected chi connectivity index (χ4v) is 1.59. The summed E-state index contributed by atoms with van der Waals surface area (Å²) in [6, 6.07) is 13.9. The van der Waals surface area contributed by atoms with Gasteiger partial charge in [0.05, 0.1) is 0 Å². The third-order valence-corrected chi connectivity index (χ3v) is 2.54. The van der Waals surface area contributed by atoms with Crippen molar-refractivity contribution in [2.24, 2.45) is 0 Å². The van der Waals surface area contributed by atoms with Crippen LogP contribution < -0.4 is 10.1 Å². The summed E-state index contributed by atoms with van der Waals surface area (Å²) in [5, 5.41) is 3.24. The van der Waals surface area contributed by atoms with E-state index in [9.17, 15) is 0 Å². The predicted molar refractivity (Wildman–Crippen MR) is 73.8 cm³/mol. The van der Waals surface area contributed by atoms with Crippen LogP contribution in [-0.4, -0.2) is 11.5 Å². The minimum Gasteiger partial charge on any atom is -0.489 e. The van der Waals surface area contributed by atoms with E-state index in [4.69, 9.17) is 4.74 Å². The minimum atomic E-state index is 0.581. The maximum Gasteiger partial charge on any atom is 0.129 e. The van der Waals surface area contributed by atoms with Gasteiger partial charge in [0.15, 0.2) is 0 Å². The lowest BCUT2D eigenvalue weighted by Crippen LogP contribution is -2.02. The summed E-state index contributed by atoms with van der Waals surface area (Å²) >= 11 is 0. The molecule has 0 amide bonds. The summed E-state index contributed by atoms with van der Waals surface area (Å²) in [6.45, 7) is 3.63. The van der Waals surface area contributed by atoms with Crippen molar-refractivity contribution in [3.05, 3.63) is 54.2 Å². The van der Waals surface area contributed by atoms with Gasteiger partial charge in [0.1, 0.15) is 18.2 Å². The standard InChI is InChI=1S/C15H18N2O/c1-2-9-16-15-11-14(8-10-17-15)18-12-13-6-4-3-5-7-13/h3-8,10-11H,2,9,12H2,1H3,(H,16,17). The summed E-state index contributed by atoms with van der Waals surface area (Å²) in [7, 11) is 0. The topological polar surface area (TPSA) is 34.1 Å². The molecule has 0 aliphatic rings. The Morgan fingerprint density at radius 3 is 2.78 bits per heavy atom. The van der Waals surface area contributed by atoms with Crippen LogP contribution in [0.5, 0.6) is 5.75 Å². The van der Waals surface area contributed by atoms with E-state index in [1.165, 1.54) is 0 Å². The first-order valence-corrected chi connectivity index (χ1v) is 6.25. The molecule has 0 unspecified atom stereocenters. The molecule has 1 heterocycles. The zero-order valence-corrected chi connectivity index (χ0v) is 10.6. The van der Waals surface area contributed by atoms with Crippen LogP contribution in [0.15, 0.2) is 48.7 Å². The van der Waals surface area contributed by atoms with Crippen LogP contribution >= 0.6 is 0 Å². The molecule has 1 aromatic carbocycles. The van der Waals surface area contributed by atoms with Gasteiger partial charge in [0, 0.05) is 18.8 Å². The summed E-state index contributed by atoms with van der Waals surface area (Å²) < 4.78 is 5.73. The second-order valence-electron chi connectivity index (χ2n) is 4.08. The number of anilines is 1. The highest BCUT2D eigenvalue weighted by Gasteiger charge is 1.98. The maximum absolute atomic E-state index is 5.73. The van der Waals surface area contributed by atoms with Crippen molar-refractivity contribution >= 4 is 5.82 Å². The molecule has 2 rings (SSSR count). The minimum absolute atomic E-state index is 0.581. The molecule has 0 fully saturated rings. The van der Waals surface area contributed by atoms with Crippen molar-refractivity contribution in [2.45, 2.75) is 20.0 Å². The normalized spacial score (nSPS) is 10.1. The molecule has 3 nitrogen and oxygen atoms in total. The van der Waals surface area contributed by atoms with Gasteiger partial charge in [-0.05, 0) is 18.1 Å². The van der Waals surface area contributed by atoms with Crippen molar-refractivity contribution in [3.63, 3.8) is 0 Å². The Labute approximate surface area is 108 Å². The third-order valence-electron chi connectivity index (χ3n) is 2.54. The molecule has 0 spiro atoms. The Morgan fingerprint density at radius 1 is 1.17 bits per heavy atom. The van der Waals surface area contributed by atoms with Gasteiger partial charge in [-0.15, -0.1) is 0 Å². The Morgan fingerprint density at radius 2 is 2.00 bits per heavy atom. The first-order valence-electron chi connectivity index (χ1n) is 6.25. The fraction of sp³-hybridized carbons (Fsp3) is 0.267. The Bertz CT molecular complexity index is 471. The first kappa shape index (κ1) is 12.4. The molecule has 1 aromatic heterocycles. The van der Waals surface area contributed by atoms with E-state index in [0.717, 1.165) is 30.1 Å². The van der Waals surface area contributed by atoms with Crippen LogP contribution in [0.2, 0.25) is 0 Å². The summed E-state index contributed by atoms with van der Waals surface area (Å²) in [5.74, 6) is 1.70. The molecule has 0 bridgehead atoms. The second-order valence-corrected chi connectivity index (χ2v) is 4.08. The van der Waals surface area contributed by atoms with E-state index < -0.39 is 0 Å². The fourth-order valence-electron chi connectivity index (χ4n) is 1.59. The smallest absolute Gasteiger partial charge is 0.129 e. The van der Waals surface area contributed by atoms with Gasteiger partial charge in [0.2, 0.25) is 0 Å². The molecule has 0 saturated carbocycles. The number of hydrogen-bond acceptors (Lipinski definition) is 3. The van der Waals surface area contributed by atoms with Crippen LogP contribution in [0.25, 0.3) is 0 Å². The largest absolute Gasteiger partial charge is 0.489 e. The third kappa shape index (κ3) is 3.77. The molecule has 1 N–H and O–H groups in total. The Hall–Kier alpha value is -2.03. The Balaban J connectivity index is 1.93. The van der Waals surface area contributed by atoms with E-state index in [0.29, 0.717) is 6.61 Å². The number of nitrogens with zero attached hydrogens (tertiary/aromatic N) is 1. The lowest BCUT2D eigenvalue weighted by molar-refractivity contribution is 0.306. The van der Waals surface area contributed by atoms with Crippen molar-refractivity contribution in [1.29, 1.82) is 0 Å². The van der Waals surface area contributed by atoms with Gasteiger partial charge in [-0.1, -0.05) is 37.3 Å². The lowest BCUT2D eigenvalue weighted by Gasteiger charge is -2.08. The van der Waals surface area contributed by atoms with E-state index in [-0.39, 0.29) is 0 Å². The average molecular weight is 242 g/mol. The number of pyridine rings is 1. The van der Waals surface area contributed by atoms with E-state index in [1.807, 2.05) is 30.3 Å². The molecule has 3 heteroatoms. The van der Waals surface area contributed by atoms with Crippen molar-refractivity contribution in [3.8, 4) is 5.75 Å². The predicted octanol–water partition coefficient (Wildman–Crippen LogP) is 3.48. The number of hydrogen-bond donors (Lipinski definition) is 1. The van der Waals surface area contributed by atoms with Gasteiger partial charge in [-0.3, -0.25) is 0 Å². The van der Waals surface area contributed by atoms with Crippen LogP contribution in [0.4, 0.5) is 5.82 Å². The molecule has 0 saturated heterocycles. The van der Waals surface area contributed by atoms with E-state index in [2.05, 4.69) is 29.4 Å². The van der Waals surface area contributed by atoms with Crippen molar-refractivity contribution in [2.75, 3.05) is 11.9 Å². The van der Waals surface area contributed by atoms with Crippen LogP contribution in [-0.2, 0) is 6.61 Å². The van der Waals surface area contributed by atoms with Crippen molar-refractivity contribution < 1.29 is 4.74 Å². The molecule has 0 aliphatic carbocycles. The monoisotopic (exact) mass is 242 g/mol. The highest BCUT2D eigenvalue weighted by atomic mass is 16.5. The molecule has 0 radical (unpaired) electrons. The quantitative estimate of drug-likeness (QED) is 0.842. The highest BCUT2D eigenvalue weighted by Crippen LogP contribution is 2.16. The Kier molecular flexibility index (Phi) is 4.59. The summed E-state index contributed by atoms with van der Waals surface area (Å²) in [6.07, 6.45) is 2.84. The zero-order valence-electron chi connectivity index (χ0n) is 10.6. The molecule has 18 heavy (non-hydrogen) atoms. The second kappa shape index (κ2) is 6.64. The van der Waals surface area contributed by atoms with Crippen LogP contribution in [0.3, 0.4) is 0 Å². The summed E-state index contributed by atoms with van der Waals surface area (Å²) in [5.41, 5.74) is 1.16. The first-order chi connectivity index (χ1) is 8.88. The lowest BCUT2D eigenvalue weighted by atomic mass is 10.2. The molecule has 94 valence electrons. The van der Waals surface area contributed by atoms with Crippen molar-refractivity contribution in [1.82, 2.24) is 4.98 Å². The SMILES string of the molecule is CCCNc1cc(OCc2ccccc2)ccn1. The molecule has 0 atom stereocenters. The van der Waals surface area contributed by atoms with Gasteiger partial charge in [-0.2, -0.15) is 0 Å². The van der Waals surface area contributed by atoms with Crippen LogP contribution in [0, 0.1) is 0 Å². The van der Waals surface area contributed by atoms with Gasteiger partial charge in [-0.25, -0.2) is 4.98 Å². The number of aromatic nitrogens is 1. The maximum atomic E-state index is 5.73. The van der Waals surface area contributed by atoms with E-state index >= 15 is 0 Å². The number of rotatable bonds is 6. The number of nitrogens with one attached hydrogen (secondary N) is 1. The molecular weight excluding hydrogens is 224 g/mol. The van der Waals surface area contributed by atoms with E-state index in [1.54, 1.807) is 6.20 Å².